The molecule has 7 nitrogen and oxygen atoms in total. The summed E-state index contributed by atoms with van der Waals surface area (Å²) in [6.45, 7) is 2.28. The van der Waals surface area contributed by atoms with E-state index >= 15 is 0 Å². The van der Waals surface area contributed by atoms with E-state index in [1.807, 2.05) is 0 Å². The van der Waals surface area contributed by atoms with Crippen LogP contribution in [0.15, 0.2) is 0 Å². The first-order valence-corrected chi connectivity index (χ1v) is 11.3. The molecule has 0 aromatic carbocycles. The SMILES string of the molecule is CCCCCCCC[CH2][K].O=C(O)CC(C(=O)O)S(=O)(=O)O. The minimum Gasteiger partial charge on any atom is -0.481 e. The number of carboxylic acid groups (broad SMARTS) is 2. The van der Waals surface area contributed by atoms with Gasteiger partial charge in [0.15, 0.2) is 5.25 Å². The molecule has 0 bridgehead atoms. The molecule has 0 aromatic rings. The number of carbonyl (C=O) groups is 2. The Morgan fingerprint density at radius 1 is 1.00 bits per heavy atom. The third-order valence-corrected chi connectivity index (χ3v) is 5.14. The first-order chi connectivity index (χ1) is 10.2. The Kier molecular flexibility index (Phi) is 16.9. The largest absolute Gasteiger partial charge is 0.481 e. The Hall–Kier alpha value is 0.486. The maximum Gasteiger partial charge on any atom is 0.325 e. The zero-order valence-corrected chi connectivity index (χ0v) is 17.3. The van der Waals surface area contributed by atoms with E-state index in [0.29, 0.717) is 0 Å². The molecule has 0 spiro atoms. The second-order valence-corrected chi connectivity index (χ2v) is 8.22. The standard InChI is InChI=1S/C9H19.C4H6O7S.K/c1-3-5-7-9-8-6-4-2;5-3(6)1-2(4(7)8)12(9,10)11;/h1,3-9H2,2H3;2H,1H2,(H,5,6)(H,7,8)(H,9,10,11);. The quantitative estimate of drug-likeness (QED) is 0.291. The summed E-state index contributed by atoms with van der Waals surface area (Å²) in [6, 6.07) is 0. The summed E-state index contributed by atoms with van der Waals surface area (Å²) in [7, 11) is -4.84. The van der Waals surface area contributed by atoms with Crippen LogP contribution in [0.25, 0.3) is 0 Å². The summed E-state index contributed by atoms with van der Waals surface area (Å²) < 4.78 is 30.2. The topological polar surface area (TPSA) is 129 Å². The molecule has 0 saturated carbocycles. The Balaban J connectivity index is 0. The van der Waals surface area contributed by atoms with Crippen molar-refractivity contribution in [3.8, 4) is 0 Å². The van der Waals surface area contributed by atoms with Gasteiger partial charge in [0.25, 0.3) is 10.1 Å². The maximum absolute atomic E-state index is 10.2. The summed E-state index contributed by atoms with van der Waals surface area (Å²) in [4.78, 5) is 20.0. The summed E-state index contributed by atoms with van der Waals surface area (Å²) in [5.74, 6) is -3.50. The van der Waals surface area contributed by atoms with Gasteiger partial charge in [0.05, 0.1) is 6.42 Å². The van der Waals surface area contributed by atoms with Crippen molar-refractivity contribution < 1.29 is 32.8 Å². The van der Waals surface area contributed by atoms with E-state index in [1.165, 1.54) is 44.9 Å². The van der Waals surface area contributed by atoms with Gasteiger partial charge in [-0.15, -0.1) is 0 Å². The van der Waals surface area contributed by atoms with Crippen LogP contribution in [-0.4, -0.2) is 89.3 Å². The summed E-state index contributed by atoms with van der Waals surface area (Å²) in [6.07, 6.45) is 9.15. The fourth-order valence-corrected chi connectivity index (χ4v) is 3.07. The molecule has 9 heteroatoms. The molecule has 0 aromatic heterocycles. The maximum atomic E-state index is 10.2. The minimum atomic E-state index is -4.84. The molecular formula is C13H25KO7S. The number of unbranched alkanes of at least 4 members (excludes halogenated alkanes) is 6. The second-order valence-electron chi connectivity index (χ2n) is 5.06. The third-order valence-electron chi connectivity index (χ3n) is 2.95. The molecule has 0 amide bonds. The monoisotopic (exact) mass is 364 g/mol. The zero-order valence-electron chi connectivity index (χ0n) is 13.3. The van der Waals surface area contributed by atoms with Crippen LogP contribution in [0.4, 0.5) is 0 Å². The van der Waals surface area contributed by atoms with Crippen molar-refractivity contribution in [1.29, 1.82) is 0 Å². The first kappa shape index (κ1) is 24.7. The Morgan fingerprint density at radius 2 is 1.45 bits per heavy atom. The average Bonchev–Trinajstić information content (AvgIpc) is 2.39. The van der Waals surface area contributed by atoms with Crippen molar-refractivity contribution >= 4 is 71.0 Å². The van der Waals surface area contributed by atoms with Gasteiger partial charge >= 0.3 is 113 Å². The molecule has 0 aliphatic carbocycles. The molecule has 1 atom stereocenters. The van der Waals surface area contributed by atoms with Crippen molar-refractivity contribution in [2.45, 2.75) is 64.1 Å². The van der Waals surface area contributed by atoms with Gasteiger partial charge in [-0.05, 0) is 0 Å². The van der Waals surface area contributed by atoms with E-state index in [9.17, 15) is 18.0 Å². The molecule has 1 unspecified atom stereocenters. The van der Waals surface area contributed by atoms with E-state index in [-0.39, 0.29) is 0 Å². The second kappa shape index (κ2) is 15.0. The predicted molar refractivity (Wildman–Crippen MR) is 83.8 cm³/mol. The van der Waals surface area contributed by atoms with E-state index in [4.69, 9.17) is 14.8 Å². The molecule has 0 saturated heterocycles. The van der Waals surface area contributed by atoms with Crippen molar-refractivity contribution in [2.75, 3.05) is 0 Å². The molecule has 3 N–H and O–H groups in total. The summed E-state index contributed by atoms with van der Waals surface area (Å²) >= 11 is 1.11. The van der Waals surface area contributed by atoms with Crippen LogP contribution < -0.4 is 0 Å². The van der Waals surface area contributed by atoms with Gasteiger partial charge < -0.3 is 10.2 Å². The van der Waals surface area contributed by atoms with Crippen LogP contribution in [0.5, 0.6) is 0 Å². The summed E-state index contributed by atoms with van der Waals surface area (Å²) in [5.41, 5.74) is 0. The zero-order chi connectivity index (χ0) is 17.6. The van der Waals surface area contributed by atoms with Gasteiger partial charge in [-0.3, -0.25) is 14.1 Å². The van der Waals surface area contributed by atoms with E-state index in [0.717, 1.165) is 49.0 Å². The van der Waals surface area contributed by atoms with Crippen LogP contribution >= 0.6 is 0 Å². The molecule has 22 heavy (non-hydrogen) atoms. The van der Waals surface area contributed by atoms with Crippen molar-refractivity contribution in [3.05, 3.63) is 0 Å². The van der Waals surface area contributed by atoms with E-state index in [1.54, 1.807) is 0.515 Å². The normalized spacial score (nSPS) is 12.2. The van der Waals surface area contributed by atoms with Gasteiger partial charge in [0.1, 0.15) is 0 Å². The number of hydrogen-bond donors (Lipinski definition) is 3. The fourth-order valence-electron chi connectivity index (χ4n) is 1.69. The average molecular weight is 365 g/mol. The van der Waals surface area contributed by atoms with E-state index < -0.39 is 33.7 Å². The van der Waals surface area contributed by atoms with Crippen molar-refractivity contribution in [2.24, 2.45) is 0 Å². The number of rotatable bonds is 11. The molecule has 0 fully saturated rings. The number of hydrogen-bond acceptors (Lipinski definition) is 4. The van der Waals surface area contributed by atoms with E-state index in [2.05, 4.69) is 6.92 Å². The van der Waals surface area contributed by atoms with Gasteiger partial charge in [-0.25, -0.2) is 0 Å². The predicted octanol–water partition coefficient (Wildman–Crippen LogP) is 2.13. The van der Waals surface area contributed by atoms with Gasteiger partial charge in [0, 0.05) is 0 Å². The molecule has 0 aliphatic heterocycles. The Morgan fingerprint density at radius 3 is 1.73 bits per heavy atom. The van der Waals surface area contributed by atoms with Crippen molar-refractivity contribution in [1.82, 2.24) is 0 Å². The molecule has 0 radical (unpaired) electrons. The fraction of sp³-hybridized carbons (Fsp3) is 0.846. The number of carboxylic acids is 2. The number of aliphatic carboxylic acids is 2. The summed E-state index contributed by atoms with van der Waals surface area (Å²) in [5, 5.41) is 13.9. The molecular weight excluding hydrogens is 339 g/mol. The Labute approximate surface area is 166 Å². The third kappa shape index (κ3) is 16.9. The molecule has 126 valence electrons. The Bertz CT molecular complexity index is 401. The van der Waals surface area contributed by atoms with Crippen molar-refractivity contribution in [3.63, 3.8) is 0 Å². The van der Waals surface area contributed by atoms with Gasteiger partial charge in [-0.2, -0.15) is 8.42 Å². The van der Waals surface area contributed by atoms with Crippen LogP contribution in [0, 0.1) is 0 Å². The van der Waals surface area contributed by atoms with Gasteiger partial charge in [-0.1, -0.05) is 0 Å². The molecule has 0 aliphatic rings. The molecule has 0 heterocycles. The van der Waals surface area contributed by atoms with Crippen LogP contribution in [0.2, 0.25) is 0.515 Å². The smallest absolute Gasteiger partial charge is 0.325 e. The van der Waals surface area contributed by atoms with Crippen LogP contribution in [0.1, 0.15) is 58.3 Å². The minimum absolute atomic E-state index is 1.11. The van der Waals surface area contributed by atoms with Crippen LogP contribution in [0.3, 0.4) is 0 Å². The molecule has 0 rings (SSSR count). The van der Waals surface area contributed by atoms with Crippen LogP contribution in [-0.2, 0) is 19.7 Å². The van der Waals surface area contributed by atoms with Gasteiger partial charge in [0.2, 0.25) is 0 Å². The first-order valence-electron chi connectivity index (χ1n) is 7.57.